The Labute approximate surface area is 197 Å². The molecular formula is C24H30N2O8. The number of benzene rings is 1. The lowest BCUT2D eigenvalue weighted by Crippen LogP contribution is -2.92. The number of rotatable bonds is 2. The monoisotopic (exact) mass is 474 g/mol. The molecule has 1 aromatic rings. The van der Waals surface area contributed by atoms with E-state index >= 15 is 0 Å². The highest BCUT2D eigenvalue weighted by molar-refractivity contribution is 5.99. The molecule has 0 radical (unpaired) electrons. The van der Waals surface area contributed by atoms with Gasteiger partial charge in [0.05, 0.1) is 33.1 Å². The first-order valence-electron chi connectivity index (χ1n) is 11.7. The van der Waals surface area contributed by atoms with Crippen LogP contribution in [-0.4, -0.2) is 96.1 Å². The number of fused-ring (bicyclic) bond motifs is 3. The third-order valence-electron chi connectivity index (χ3n) is 9.80. The van der Waals surface area contributed by atoms with Crippen LogP contribution in [0.2, 0.25) is 0 Å². The maximum Gasteiger partial charge on any atom is 0.414 e. The van der Waals surface area contributed by atoms with Gasteiger partial charge in [0, 0.05) is 23.4 Å². The molecule has 2 bridgehead atoms. The van der Waals surface area contributed by atoms with Gasteiger partial charge in [-0.05, 0) is 56.0 Å². The fraction of sp³-hybridized carbons (Fsp3) is 0.667. The fourth-order valence-corrected chi connectivity index (χ4v) is 8.82. The van der Waals surface area contributed by atoms with Gasteiger partial charge in [-0.1, -0.05) is 0 Å². The molecular weight excluding hydrogens is 444 g/mol. The fourth-order valence-electron chi connectivity index (χ4n) is 8.82. The van der Waals surface area contributed by atoms with Crippen LogP contribution in [0.25, 0.3) is 0 Å². The number of ether oxygens (including phenoxy) is 3. The molecule has 1 amide bonds. The van der Waals surface area contributed by atoms with E-state index in [-0.39, 0.29) is 6.42 Å². The largest absolute Gasteiger partial charge is 0.497 e. The molecule has 3 heterocycles. The van der Waals surface area contributed by atoms with Crippen molar-refractivity contribution in [3.05, 3.63) is 23.8 Å². The van der Waals surface area contributed by atoms with Crippen LogP contribution in [0.1, 0.15) is 31.2 Å². The third-order valence-corrected chi connectivity index (χ3v) is 9.80. The van der Waals surface area contributed by atoms with E-state index in [9.17, 15) is 24.9 Å². The normalized spacial score (nSPS) is 43.7. The Morgan fingerprint density at radius 3 is 2.50 bits per heavy atom. The summed E-state index contributed by atoms with van der Waals surface area (Å²) < 4.78 is 15.8. The van der Waals surface area contributed by atoms with Gasteiger partial charge >= 0.3 is 12.1 Å². The van der Waals surface area contributed by atoms with Crippen LogP contribution in [0.3, 0.4) is 0 Å². The molecule has 0 aromatic heterocycles. The number of piperidine rings is 1. The molecule has 10 nitrogen and oxygen atoms in total. The molecule has 5 fully saturated rings. The number of aliphatic hydroxyl groups excluding tert-OH is 2. The maximum absolute atomic E-state index is 13.5. The highest BCUT2D eigenvalue weighted by Crippen LogP contribution is 2.77. The first-order valence-corrected chi connectivity index (χ1v) is 11.7. The summed E-state index contributed by atoms with van der Waals surface area (Å²) in [5.74, 6) is -0.454. The van der Waals surface area contributed by atoms with E-state index in [1.807, 2.05) is 6.07 Å². The molecule has 3 spiro atoms. The van der Waals surface area contributed by atoms with E-state index in [2.05, 4.69) is 4.90 Å². The van der Waals surface area contributed by atoms with E-state index in [1.54, 1.807) is 19.2 Å². The van der Waals surface area contributed by atoms with E-state index in [0.29, 0.717) is 43.8 Å². The Morgan fingerprint density at radius 2 is 1.82 bits per heavy atom. The van der Waals surface area contributed by atoms with Crippen molar-refractivity contribution in [1.29, 1.82) is 0 Å². The Kier molecular flexibility index (Phi) is 4.31. The van der Waals surface area contributed by atoms with E-state index < -0.39 is 52.3 Å². The molecule has 10 heteroatoms. The van der Waals surface area contributed by atoms with Gasteiger partial charge in [0.1, 0.15) is 17.4 Å². The van der Waals surface area contributed by atoms with Gasteiger partial charge in [0.25, 0.3) is 0 Å². The Bertz CT molecular complexity index is 1100. The Hall–Kier alpha value is -2.40. The molecule has 3 saturated carbocycles. The second-order valence-electron chi connectivity index (χ2n) is 10.3. The van der Waals surface area contributed by atoms with Crippen molar-refractivity contribution in [3.8, 4) is 5.75 Å². The summed E-state index contributed by atoms with van der Waals surface area (Å²) >= 11 is 0. The van der Waals surface area contributed by atoms with Crippen molar-refractivity contribution in [3.63, 3.8) is 0 Å². The van der Waals surface area contributed by atoms with Gasteiger partial charge in [-0.15, -0.1) is 0 Å². The standard InChI is InChI=1S/C24H30N2O8/c1-32-13-4-5-15-14(12-13)22-9-11-25-10-6-16(27)21(17(22)25)7-8-23(22,26(15)20(30)34-3)24(31,18(21)28)19(29)33-2/h4-5,12,16-18,27-28,31H,6-11H2,1-3H3/t16-,17-,18-,21+,22+,23-,24+/m0/s1. The van der Waals surface area contributed by atoms with E-state index in [4.69, 9.17) is 14.2 Å². The van der Waals surface area contributed by atoms with Crippen molar-refractivity contribution in [1.82, 2.24) is 4.90 Å². The van der Waals surface area contributed by atoms with Crippen LogP contribution in [0.5, 0.6) is 5.75 Å². The summed E-state index contributed by atoms with van der Waals surface area (Å²) in [5, 5.41) is 35.7. The molecule has 7 atom stereocenters. The number of methoxy groups -OCH3 is 3. The topological polar surface area (TPSA) is 129 Å². The van der Waals surface area contributed by atoms with Crippen molar-refractivity contribution in [2.75, 3.05) is 39.3 Å². The highest BCUT2D eigenvalue weighted by atomic mass is 16.6. The number of aliphatic hydroxyl groups is 3. The number of anilines is 1. The molecule has 7 rings (SSSR count). The molecule has 1 aromatic carbocycles. The number of amides is 1. The summed E-state index contributed by atoms with van der Waals surface area (Å²) in [5.41, 5.74) is -4.96. The predicted molar refractivity (Wildman–Crippen MR) is 118 cm³/mol. The number of carbonyl (C=O) groups excluding carboxylic acids is 2. The molecule has 184 valence electrons. The van der Waals surface area contributed by atoms with Crippen LogP contribution in [0.4, 0.5) is 10.5 Å². The zero-order valence-corrected chi connectivity index (χ0v) is 19.5. The minimum Gasteiger partial charge on any atom is -0.497 e. The molecule has 0 unspecified atom stereocenters. The smallest absolute Gasteiger partial charge is 0.414 e. The van der Waals surface area contributed by atoms with Crippen LogP contribution >= 0.6 is 0 Å². The number of carbonyl (C=O) groups is 2. The second-order valence-corrected chi connectivity index (χ2v) is 10.3. The average molecular weight is 475 g/mol. The van der Waals surface area contributed by atoms with Crippen LogP contribution in [-0.2, 0) is 19.7 Å². The zero-order chi connectivity index (χ0) is 24.3. The van der Waals surface area contributed by atoms with E-state index in [1.165, 1.54) is 12.0 Å². The van der Waals surface area contributed by atoms with Crippen LogP contribution in [0, 0.1) is 5.41 Å². The SMILES string of the molecule is COC(=O)N1c2ccc(OC)cc2[C@@]23CCN4CC[C@H](O)[C@]5(CC[C@]12[C@](O)(C(=O)OC)[C@H]5O)[C@H]43. The Morgan fingerprint density at radius 1 is 1.06 bits per heavy atom. The van der Waals surface area contributed by atoms with Crippen molar-refractivity contribution < 1.29 is 39.1 Å². The van der Waals surface area contributed by atoms with Gasteiger partial charge in [0.2, 0.25) is 5.60 Å². The first kappa shape index (κ1) is 22.1. The number of hydrogen-bond donors (Lipinski definition) is 3. The summed E-state index contributed by atoms with van der Waals surface area (Å²) in [6.45, 7) is 1.25. The lowest BCUT2D eigenvalue weighted by molar-refractivity contribution is -0.301. The first-order chi connectivity index (χ1) is 16.2. The number of hydrogen-bond acceptors (Lipinski definition) is 9. The lowest BCUT2D eigenvalue weighted by atomic mass is 9.35. The molecule has 6 aliphatic rings. The summed E-state index contributed by atoms with van der Waals surface area (Å²) in [4.78, 5) is 30.5. The second kappa shape index (κ2) is 6.63. The lowest BCUT2D eigenvalue weighted by Gasteiger charge is -2.74. The van der Waals surface area contributed by atoms with Crippen molar-refractivity contribution >= 4 is 17.7 Å². The molecule has 2 saturated heterocycles. The van der Waals surface area contributed by atoms with Gasteiger partial charge in [-0.3, -0.25) is 9.80 Å². The summed E-state index contributed by atoms with van der Waals surface area (Å²) in [6, 6.07) is 4.90. The third kappa shape index (κ3) is 1.91. The molecule has 3 aliphatic carbocycles. The van der Waals surface area contributed by atoms with Crippen LogP contribution < -0.4 is 9.64 Å². The number of esters is 1. The highest BCUT2D eigenvalue weighted by Gasteiger charge is 2.91. The predicted octanol–water partition coefficient (Wildman–Crippen LogP) is 0.156. The van der Waals surface area contributed by atoms with Crippen LogP contribution in [0.15, 0.2) is 18.2 Å². The van der Waals surface area contributed by atoms with Gasteiger partial charge in [0.15, 0.2) is 0 Å². The minimum absolute atomic E-state index is 0.184. The summed E-state index contributed by atoms with van der Waals surface area (Å²) in [6.07, 6.45) is -1.87. The Balaban J connectivity index is 1.77. The summed E-state index contributed by atoms with van der Waals surface area (Å²) in [7, 11) is 3.96. The van der Waals surface area contributed by atoms with Gasteiger partial charge < -0.3 is 29.5 Å². The minimum atomic E-state index is -2.49. The number of nitrogens with zero attached hydrogens (tertiary/aromatic N) is 2. The zero-order valence-electron chi connectivity index (χ0n) is 19.5. The molecule has 3 aliphatic heterocycles. The van der Waals surface area contributed by atoms with E-state index in [0.717, 1.165) is 12.7 Å². The van der Waals surface area contributed by atoms with Crippen molar-refractivity contribution in [2.24, 2.45) is 5.41 Å². The average Bonchev–Trinajstić information content (AvgIpc) is 3.38. The molecule has 3 N–H and O–H groups in total. The maximum atomic E-state index is 13.5. The van der Waals surface area contributed by atoms with Crippen molar-refractivity contribution in [2.45, 2.75) is 60.5 Å². The van der Waals surface area contributed by atoms with Gasteiger partial charge in [-0.2, -0.15) is 0 Å². The van der Waals surface area contributed by atoms with Gasteiger partial charge in [-0.25, -0.2) is 9.59 Å². The quantitative estimate of drug-likeness (QED) is 0.513. The molecule has 34 heavy (non-hydrogen) atoms.